The Morgan fingerprint density at radius 2 is 1.65 bits per heavy atom. The van der Waals surface area contributed by atoms with Gasteiger partial charge in [0.05, 0.1) is 18.4 Å². The van der Waals surface area contributed by atoms with E-state index < -0.39 is 17.8 Å². The van der Waals surface area contributed by atoms with E-state index in [1.807, 2.05) is 0 Å². The van der Waals surface area contributed by atoms with E-state index in [2.05, 4.69) is 19.1 Å². The fourth-order valence-electron chi connectivity index (χ4n) is 3.14. The molecule has 1 aliphatic carbocycles. The summed E-state index contributed by atoms with van der Waals surface area (Å²) in [5.74, 6) is -2.21. The van der Waals surface area contributed by atoms with Gasteiger partial charge >= 0.3 is 11.9 Å². The minimum absolute atomic E-state index is 0.329. The summed E-state index contributed by atoms with van der Waals surface area (Å²) in [7, 11) is 0. The van der Waals surface area contributed by atoms with E-state index in [1.165, 1.54) is 32.1 Å². The first-order chi connectivity index (χ1) is 11.2. The van der Waals surface area contributed by atoms with Gasteiger partial charge in [0.25, 0.3) is 0 Å². The minimum Gasteiger partial charge on any atom is -0.481 e. The number of carboxylic acids is 1. The molecule has 0 bridgehead atoms. The van der Waals surface area contributed by atoms with E-state index in [4.69, 9.17) is 4.74 Å². The van der Waals surface area contributed by atoms with Crippen molar-refractivity contribution in [3.63, 3.8) is 0 Å². The number of unbranched alkanes of at least 4 members (excludes halogenated alkanes) is 5. The lowest BCUT2D eigenvalue weighted by atomic mass is 9.79. The molecule has 0 aromatic rings. The summed E-state index contributed by atoms with van der Waals surface area (Å²) in [5.41, 5.74) is 0. The van der Waals surface area contributed by atoms with E-state index in [9.17, 15) is 14.7 Å². The molecule has 0 amide bonds. The Morgan fingerprint density at radius 3 is 2.35 bits per heavy atom. The molecule has 132 valence electrons. The van der Waals surface area contributed by atoms with Crippen LogP contribution >= 0.6 is 0 Å². The van der Waals surface area contributed by atoms with Crippen LogP contribution in [0.3, 0.4) is 0 Å². The number of hydrogen-bond donors (Lipinski definition) is 1. The van der Waals surface area contributed by atoms with Crippen molar-refractivity contribution in [1.29, 1.82) is 0 Å². The van der Waals surface area contributed by atoms with E-state index in [-0.39, 0.29) is 5.97 Å². The normalized spacial score (nSPS) is 21.4. The molecule has 1 aliphatic rings. The van der Waals surface area contributed by atoms with E-state index in [0.29, 0.717) is 25.9 Å². The molecule has 1 N–H and O–H groups in total. The van der Waals surface area contributed by atoms with Crippen molar-refractivity contribution in [2.75, 3.05) is 6.61 Å². The molecule has 4 heteroatoms. The molecular weight excluding hydrogens is 292 g/mol. The molecule has 1 saturated carbocycles. The summed E-state index contributed by atoms with van der Waals surface area (Å²) in [6.07, 6.45) is 15.5. The molecule has 23 heavy (non-hydrogen) atoms. The van der Waals surface area contributed by atoms with Gasteiger partial charge in [-0.05, 0) is 32.1 Å². The maximum atomic E-state index is 12.0. The maximum absolute atomic E-state index is 12.0. The largest absolute Gasteiger partial charge is 0.481 e. The smallest absolute Gasteiger partial charge is 0.309 e. The Bertz CT molecular complexity index is 376. The second-order valence-corrected chi connectivity index (χ2v) is 6.47. The molecule has 0 aliphatic heterocycles. The molecule has 0 heterocycles. The van der Waals surface area contributed by atoms with Crippen LogP contribution < -0.4 is 0 Å². The third-order valence-electron chi connectivity index (χ3n) is 4.56. The standard InChI is InChI=1S/C19H32O4/c1-2-3-4-5-6-7-8-9-12-15-23-19(22)17-14-11-10-13-16(17)18(20)21/h8-9,16-17H,2-7,10-15H2,1H3,(H,20,21)/b9-8+. The predicted molar refractivity (Wildman–Crippen MR) is 91.2 cm³/mol. The number of rotatable bonds is 11. The molecular formula is C19H32O4. The van der Waals surface area contributed by atoms with Gasteiger partial charge in [-0.3, -0.25) is 9.59 Å². The van der Waals surface area contributed by atoms with Gasteiger partial charge in [0.15, 0.2) is 0 Å². The zero-order valence-corrected chi connectivity index (χ0v) is 14.5. The Labute approximate surface area is 140 Å². The van der Waals surface area contributed by atoms with Gasteiger partial charge in [-0.15, -0.1) is 0 Å². The topological polar surface area (TPSA) is 63.6 Å². The Morgan fingerprint density at radius 1 is 1.00 bits per heavy atom. The lowest BCUT2D eigenvalue weighted by Gasteiger charge is -2.26. The number of carbonyl (C=O) groups excluding carboxylic acids is 1. The third-order valence-corrected chi connectivity index (χ3v) is 4.56. The third kappa shape index (κ3) is 8.19. The highest BCUT2D eigenvalue weighted by atomic mass is 16.5. The van der Waals surface area contributed by atoms with Crippen molar-refractivity contribution in [2.45, 2.75) is 77.6 Å². The summed E-state index contributed by atoms with van der Waals surface area (Å²) in [6, 6.07) is 0. The monoisotopic (exact) mass is 324 g/mol. The van der Waals surface area contributed by atoms with Crippen LogP contribution in [-0.4, -0.2) is 23.7 Å². The summed E-state index contributed by atoms with van der Waals surface area (Å²) in [5, 5.41) is 9.18. The number of hydrogen-bond acceptors (Lipinski definition) is 3. The highest BCUT2D eigenvalue weighted by Crippen LogP contribution is 2.31. The number of allylic oxidation sites excluding steroid dienone is 1. The van der Waals surface area contributed by atoms with Crippen LogP contribution in [0, 0.1) is 11.8 Å². The average Bonchev–Trinajstić information content (AvgIpc) is 2.56. The van der Waals surface area contributed by atoms with Crippen LogP contribution in [-0.2, 0) is 14.3 Å². The molecule has 0 aromatic heterocycles. The summed E-state index contributed by atoms with van der Waals surface area (Å²) in [4.78, 5) is 23.2. The van der Waals surface area contributed by atoms with E-state index in [0.717, 1.165) is 19.3 Å². The Kier molecular flexibility index (Phi) is 10.4. The SMILES string of the molecule is CCCCCCC/C=C/CCOC(=O)C1CCCCC1C(=O)O. The van der Waals surface area contributed by atoms with Gasteiger partial charge < -0.3 is 9.84 Å². The van der Waals surface area contributed by atoms with Crippen molar-refractivity contribution in [2.24, 2.45) is 11.8 Å². The highest BCUT2D eigenvalue weighted by molar-refractivity contribution is 5.81. The maximum Gasteiger partial charge on any atom is 0.309 e. The lowest BCUT2D eigenvalue weighted by molar-refractivity contribution is -0.159. The molecule has 1 fully saturated rings. The molecule has 0 saturated heterocycles. The number of aliphatic carboxylic acids is 1. The molecule has 0 aromatic carbocycles. The summed E-state index contributed by atoms with van der Waals surface area (Å²) in [6.45, 7) is 2.57. The van der Waals surface area contributed by atoms with Crippen LogP contribution in [0.4, 0.5) is 0 Å². The van der Waals surface area contributed by atoms with Crippen molar-refractivity contribution in [3.05, 3.63) is 12.2 Å². The number of ether oxygens (including phenoxy) is 1. The molecule has 4 nitrogen and oxygen atoms in total. The average molecular weight is 324 g/mol. The van der Waals surface area contributed by atoms with Gasteiger partial charge in [-0.25, -0.2) is 0 Å². The number of carboxylic acid groups (broad SMARTS) is 1. The number of esters is 1. The van der Waals surface area contributed by atoms with Gasteiger partial charge in [-0.2, -0.15) is 0 Å². The van der Waals surface area contributed by atoms with Crippen LogP contribution in [0.1, 0.15) is 77.6 Å². The predicted octanol–water partition coefficient (Wildman–Crippen LogP) is 4.73. The zero-order chi connectivity index (χ0) is 16.9. The molecule has 2 atom stereocenters. The quantitative estimate of drug-likeness (QED) is 0.339. The fourth-order valence-corrected chi connectivity index (χ4v) is 3.14. The summed E-state index contributed by atoms with van der Waals surface area (Å²) < 4.78 is 5.27. The van der Waals surface area contributed by atoms with Gasteiger partial charge in [0, 0.05) is 0 Å². The first-order valence-electron chi connectivity index (χ1n) is 9.21. The molecule has 2 unspecified atom stereocenters. The second kappa shape index (κ2) is 12.1. The van der Waals surface area contributed by atoms with Gasteiger partial charge in [-0.1, -0.05) is 57.6 Å². The van der Waals surface area contributed by atoms with Crippen molar-refractivity contribution in [3.8, 4) is 0 Å². The fraction of sp³-hybridized carbons (Fsp3) is 0.789. The van der Waals surface area contributed by atoms with Crippen molar-refractivity contribution >= 4 is 11.9 Å². The van der Waals surface area contributed by atoms with Crippen LogP contribution in [0.5, 0.6) is 0 Å². The van der Waals surface area contributed by atoms with Crippen molar-refractivity contribution in [1.82, 2.24) is 0 Å². The second-order valence-electron chi connectivity index (χ2n) is 6.47. The Balaban J connectivity index is 2.12. The van der Waals surface area contributed by atoms with Gasteiger partial charge in [0.2, 0.25) is 0 Å². The number of carbonyl (C=O) groups is 2. The van der Waals surface area contributed by atoms with Crippen molar-refractivity contribution < 1.29 is 19.4 Å². The minimum atomic E-state index is -0.866. The lowest BCUT2D eigenvalue weighted by Crippen LogP contribution is -2.33. The summed E-state index contributed by atoms with van der Waals surface area (Å²) >= 11 is 0. The molecule has 0 radical (unpaired) electrons. The molecule has 0 spiro atoms. The van der Waals surface area contributed by atoms with Crippen LogP contribution in [0.2, 0.25) is 0 Å². The van der Waals surface area contributed by atoms with Crippen LogP contribution in [0.25, 0.3) is 0 Å². The molecule has 1 rings (SSSR count). The Hall–Kier alpha value is -1.32. The first-order valence-corrected chi connectivity index (χ1v) is 9.21. The highest BCUT2D eigenvalue weighted by Gasteiger charge is 2.36. The zero-order valence-electron chi connectivity index (χ0n) is 14.5. The van der Waals surface area contributed by atoms with E-state index in [1.54, 1.807) is 0 Å². The van der Waals surface area contributed by atoms with Gasteiger partial charge in [0.1, 0.15) is 0 Å². The van der Waals surface area contributed by atoms with E-state index >= 15 is 0 Å². The first kappa shape index (κ1) is 19.7. The van der Waals surface area contributed by atoms with Crippen LogP contribution in [0.15, 0.2) is 12.2 Å².